The van der Waals surface area contributed by atoms with Crippen molar-refractivity contribution in [3.05, 3.63) is 22.4 Å². The quantitative estimate of drug-likeness (QED) is 0.928. The van der Waals surface area contributed by atoms with E-state index in [4.69, 9.17) is 10.1 Å². The number of thiophene rings is 1. The van der Waals surface area contributed by atoms with Gasteiger partial charge in [-0.1, -0.05) is 12.8 Å². The van der Waals surface area contributed by atoms with Gasteiger partial charge in [-0.15, -0.1) is 22.7 Å². The van der Waals surface area contributed by atoms with E-state index >= 15 is 0 Å². The van der Waals surface area contributed by atoms with Crippen LogP contribution in [0.1, 0.15) is 30.6 Å². The average molecular weight is 322 g/mol. The van der Waals surface area contributed by atoms with E-state index in [2.05, 4.69) is 10.3 Å². The van der Waals surface area contributed by atoms with Gasteiger partial charge in [-0.25, -0.2) is 4.98 Å². The van der Waals surface area contributed by atoms with Crippen molar-refractivity contribution in [3.63, 3.8) is 0 Å². The summed E-state index contributed by atoms with van der Waals surface area (Å²) in [6.07, 6.45) is 5.22. The van der Waals surface area contributed by atoms with E-state index in [0.717, 1.165) is 33.7 Å². The largest absolute Gasteiger partial charge is 0.481 e. The number of thiazole rings is 1. The van der Waals surface area contributed by atoms with Crippen molar-refractivity contribution in [2.75, 3.05) is 18.0 Å². The van der Waals surface area contributed by atoms with Crippen molar-refractivity contribution in [1.82, 2.24) is 4.98 Å². The van der Waals surface area contributed by atoms with Crippen molar-refractivity contribution in [2.45, 2.75) is 32.1 Å². The van der Waals surface area contributed by atoms with Crippen molar-refractivity contribution >= 4 is 33.8 Å². The fourth-order valence-corrected chi connectivity index (χ4v) is 4.46. The number of rotatable bonds is 4. The normalized spacial score (nSPS) is 15.9. The molecule has 1 aliphatic rings. The Hall–Kier alpha value is -1.40. The first-order valence-electron chi connectivity index (χ1n) is 7.24. The van der Waals surface area contributed by atoms with Crippen LogP contribution in [0.5, 0.6) is 0 Å². The molecule has 1 fully saturated rings. The van der Waals surface area contributed by atoms with E-state index in [-0.39, 0.29) is 6.42 Å². The number of hydrogen-bond donors (Lipinski definition) is 1. The second-order valence-electron chi connectivity index (χ2n) is 5.25. The number of carboxylic acids is 1. The molecule has 6 heteroatoms. The van der Waals surface area contributed by atoms with E-state index in [1.165, 1.54) is 37.0 Å². The maximum atomic E-state index is 10.7. The smallest absolute Gasteiger partial charge is 0.308 e. The summed E-state index contributed by atoms with van der Waals surface area (Å²) in [5.74, 6) is -0.785. The Balaban J connectivity index is 1.74. The zero-order chi connectivity index (χ0) is 14.7. The van der Waals surface area contributed by atoms with Gasteiger partial charge in [0.1, 0.15) is 0 Å². The lowest BCUT2D eigenvalue weighted by molar-refractivity contribution is -0.136. The number of aliphatic carboxylic acids is 1. The fraction of sp³-hybridized carbons (Fsp3) is 0.467. The number of carbonyl (C=O) groups is 1. The average Bonchev–Trinajstić information content (AvgIpc) is 3.02. The number of aromatic nitrogens is 1. The minimum absolute atomic E-state index is 0.0911. The molecule has 4 nitrogen and oxygen atoms in total. The van der Waals surface area contributed by atoms with E-state index in [9.17, 15) is 4.79 Å². The molecule has 0 bridgehead atoms. The van der Waals surface area contributed by atoms with Crippen molar-refractivity contribution in [2.24, 2.45) is 0 Å². The van der Waals surface area contributed by atoms with Gasteiger partial charge in [-0.05, 0) is 25.0 Å². The molecule has 0 spiro atoms. The first kappa shape index (κ1) is 14.5. The minimum atomic E-state index is -0.785. The first-order valence-corrected chi connectivity index (χ1v) is 8.93. The molecule has 0 amide bonds. The molecule has 0 unspecified atom stereocenters. The van der Waals surface area contributed by atoms with Gasteiger partial charge in [0.15, 0.2) is 5.13 Å². The lowest BCUT2D eigenvalue weighted by Crippen LogP contribution is -2.23. The van der Waals surface area contributed by atoms with Crippen LogP contribution >= 0.6 is 22.7 Å². The van der Waals surface area contributed by atoms with Crippen molar-refractivity contribution in [1.29, 1.82) is 0 Å². The van der Waals surface area contributed by atoms with Crippen LogP contribution in [0.15, 0.2) is 17.5 Å². The predicted molar refractivity (Wildman–Crippen MR) is 87.4 cm³/mol. The summed E-state index contributed by atoms with van der Waals surface area (Å²) < 4.78 is 0. The first-order chi connectivity index (χ1) is 10.2. The number of hydrogen-bond acceptors (Lipinski definition) is 5. The van der Waals surface area contributed by atoms with Gasteiger partial charge in [-0.2, -0.15) is 0 Å². The van der Waals surface area contributed by atoms with Crippen LogP contribution in [0.3, 0.4) is 0 Å². The van der Waals surface area contributed by atoms with E-state index < -0.39 is 5.97 Å². The molecule has 112 valence electrons. The monoisotopic (exact) mass is 322 g/mol. The van der Waals surface area contributed by atoms with Crippen LogP contribution in [0.4, 0.5) is 5.13 Å². The number of carboxylic acid groups (broad SMARTS) is 1. The predicted octanol–water partition coefficient (Wildman–Crippen LogP) is 3.88. The van der Waals surface area contributed by atoms with Crippen LogP contribution in [-0.4, -0.2) is 29.1 Å². The molecule has 2 aromatic rings. The summed E-state index contributed by atoms with van der Waals surface area (Å²) >= 11 is 3.21. The Morgan fingerprint density at radius 1 is 1.24 bits per heavy atom. The van der Waals surface area contributed by atoms with Gasteiger partial charge in [0.05, 0.1) is 17.0 Å². The van der Waals surface area contributed by atoms with E-state index in [0.29, 0.717) is 0 Å². The molecule has 0 atom stereocenters. The Bertz CT molecular complexity index is 613. The van der Waals surface area contributed by atoms with Gasteiger partial charge in [-0.3, -0.25) is 4.79 Å². The van der Waals surface area contributed by atoms with Crippen LogP contribution in [0.2, 0.25) is 0 Å². The van der Waals surface area contributed by atoms with E-state index in [1.807, 2.05) is 12.1 Å². The third kappa shape index (κ3) is 3.63. The Morgan fingerprint density at radius 3 is 2.71 bits per heavy atom. The third-order valence-electron chi connectivity index (χ3n) is 3.61. The van der Waals surface area contributed by atoms with Gasteiger partial charge in [0.2, 0.25) is 0 Å². The number of nitrogens with zero attached hydrogens (tertiary/aromatic N) is 2. The van der Waals surface area contributed by atoms with Crippen molar-refractivity contribution in [3.8, 4) is 10.6 Å². The highest BCUT2D eigenvalue weighted by molar-refractivity contribution is 7.17. The maximum absolute atomic E-state index is 10.7. The molecule has 1 N–H and O–H groups in total. The van der Waals surface area contributed by atoms with Crippen LogP contribution in [-0.2, 0) is 11.2 Å². The molecule has 2 aromatic heterocycles. The summed E-state index contributed by atoms with van der Waals surface area (Å²) in [5.41, 5.74) is 0.973. The fourth-order valence-electron chi connectivity index (χ4n) is 2.54. The molecule has 1 aliphatic heterocycles. The summed E-state index contributed by atoms with van der Waals surface area (Å²) in [6.45, 7) is 2.20. The second-order valence-corrected chi connectivity index (χ2v) is 7.26. The maximum Gasteiger partial charge on any atom is 0.308 e. The molecular formula is C15H18N2O2S2. The Labute approximate surface area is 132 Å². The Kier molecular flexibility index (Phi) is 4.55. The highest BCUT2D eigenvalue weighted by Gasteiger charge is 2.15. The number of anilines is 1. The zero-order valence-corrected chi connectivity index (χ0v) is 13.4. The second kappa shape index (κ2) is 6.58. The molecule has 21 heavy (non-hydrogen) atoms. The van der Waals surface area contributed by atoms with Crippen LogP contribution in [0, 0.1) is 0 Å². The molecule has 3 rings (SSSR count). The molecule has 1 saturated heterocycles. The highest BCUT2D eigenvalue weighted by Crippen LogP contribution is 2.33. The lowest BCUT2D eigenvalue weighted by Gasteiger charge is -2.18. The summed E-state index contributed by atoms with van der Waals surface area (Å²) in [4.78, 5) is 19.8. The molecule has 3 heterocycles. The Morgan fingerprint density at radius 2 is 2.00 bits per heavy atom. The highest BCUT2D eigenvalue weighted by atomic mass is 32.1. The summed E-state index contributed by atoms with van der Waals surface area (Å²) in [7, 11) is 0. The molecule has 0 aliphatic carbocycles. The standard InChI is InChI=1S/C15H18N2O2S2/c18-14(19)9-11-5-6-13(21-11)12-10-20-15(16-12)17-7-3-1-2-4-8-17/h5-6,10H,1-4,7-9H2,(H,18,19). The third-order valence-corrected chi connectivity index (χ3v) is 5.62. The van der Waals surface area contributed by atoms with Crippen LogP contribution in [0.25, 0.3) is 10.6 Å². The zero-order valence-electron chi connectivity index (χ0n) is 11.7. The summed E-state index contributed by atoms with van der Waals surface area (Å²) in [5, 5.41) is 12.0. The van der Waals surface area contributed by atoms with E-state index in [1.54, 1.807) is 11.3 Å². The van der Waals surface area contributed by atoms with Gasteiger partial charge in [0, 0.05) is 23.3 Å². The minimum Gasteiger partial charge on any atom is -0.481 e. The van der Waals surface area contributed by atoms with Gasteiger partial charge in [0.25, 0.3) is 0 Å². The van der Waals surface area contributed by atoms with Gasteiger partial charge < -0.3 is 10.0 Å². The lowest BCUT2D eigenvalue weighted by atomic mass is 10.2. The van der Waals surface area contributed by atoms with Crippen molar-refractivity contribution < 1.29 is 9.90 Å². The van der Waals surface area contributed by atoms with Crippen LogP contribution < -0.4 is 4.90 Å². The van der Waals surface area contributed by atoms with Gasteiger partial charge >= 0.3 is 5.97 Å². The molecule has 0 saturated carbocycles. The topological polar surface area (TPSA) is 53.4 Å². The SMILES string of the molecule is O=C(O)Cc1ccc(-c2csc(N3CCCCCC3)n2)s1. The molecule has 0 radical (unpaired) electrons. The summed E-state index contributed by atoms with van der Waals surface area (Å²) in [6, 6.07) is 3.86. The molecule has 0 aromatic carbocycles. The molecular weight excluding hydrogens is 304 g/mol.